The fraction of sp³-hybridized carbons (Fsp3) is 0.194. The first kappa shape index (κ1) is 29.9. The Labute approximate surface area is 264 Å². The molecule has 0 fully saturated rings. The standard InChI is InChI=1S/C36H32N2O6S/c1-5-43-35(40)32-22(2)37-36-38(33(32)29-20-26(41-3)16-17-30(29)42-4)34(39)31(45-36)19-23-10-8-14-27(18-23)44-21-25-13-9-12-24-11-6-7-15-28(24)25/h6-20,33H,5,21H2,1-4H3. The maximum atomic E-state index is 14.1. The van der Waals surface area contributed by atoms with Crippen molar-refractivity contribution < 1.29 is 23.7 Å². The van der Waals surface area contributed by atoms with Gasteiger partial charge in [0.2, 0.25) is 0 Å². The highest BCUT2D eigenvalue weighted by Gasteiger charge is 2.35. The summed E-state index contributed by atoms with van der Waals surface area (Å²) in [7, 11) is 3.11. The molecule has 4 aromatic carbocycles. The summed E-state index contributed by atoms with van der Waals surface area (Å²) < 4.78 is 24.8. The number of hydrogen-bond acceptors (Lipinski definition) is 8. The number of rotatable bonds is 9. The highest BCUT2D eigenvalue weighted by Crippen LogP contribution is 2.37. The molecule has 0 saturated heterocycles. The molecule has 0 bridgehead atoms. The third kappa shape index (κ3) is 5.86. The SMILES string of the molecule is CCOC(=O)C1=C(C)N=c2sc(=Cc3cccc(OCc4cccc5ccccc45)c3)c(=O)n2C1c1cc(OC)ccc1OC. The largest absolute Gasteiger partial charge is 0.497 e. The van der Waals surface area contributed by atoms with Crippen LogP contribution in [0.2, 0.25) is 0 Å². The van der Waals surface area contributed by atoms with Gasteiger partial charge in [0, 0.05) is 5.56 Å². The minimum absolute atomic E-state index is 0.181. The van der Waals surface area contributed by atoms with E-state index in [1.807, 2.05) is 48.5 Å². The summed E-state index contributed by atoms with van der Waals surface area (Å²) in [5, 5.41) is 2.31. The van der Waals surface area contributed by atoms with E-state index in [1.54, 1.807) is 46.3 Å². The second-order valence-corrected chi connectivity index (χ2v) is 11.4. The van der Waals surface area contributed by atoms with Gasteiger partial charge in [0.1, 0.15) is 29.9 Å². The summed E-state index contributed by atoms with van der Waals surface area (Å²) in [6, 6.07) is 26.5. The van der Waals surface area contributed by atoms with Crippen molar-refractivity contribution in [2.75, 3.05) is 20.8 Å². The van der Waals surface area contributed by atoms with Crippen molar-refractivity contribution in [3.8, 4) is 17.2 Å². The van der Waals surface area contributed by atoms with Gasteiger partial charge in [0.15, 0.2) is 4.80 Å². The second-order valence-electron chi connectivity index (χ2n) is 10.4. The van der Waals surface area contributed by atoms with E-state index in [0.717, 1.165) is 21.9 Å². The first-order valence-electron chi connectivity index (χ1n) is 14.5. The lowest BCUT2D eigenvalue weighted by Gasteiger charge is -2.26. The molecule has 45 heavy (non-hydrogen) atoms. The topological polar surface area (TPSA) is 88.4 Å². The van der Waals surface area contributed by atoms with Crippen LogP contribution in [0.5, 0.6) is 17.2 Å². The highest BCUT2D eigenvalue weighted by molar-refractivity contribution is 7.07. The van der Waals surface area contributed by atoms with E-state index in [2.05, 4.69) is 29.3 Å². The van der Waals surface area contributed by atoms with E-state index in [4.69, 9.17) is 18.9 Å². The smallest absolute Gasteiger partial charge is 0.338 e. The minimum Gasteiger partial charge on any atom is -0.497 e. The predicted octanol–water partition coefficient (Wildman–Crippen LogP) is 5.55. The number of esters is 1. The Morgan fingerprint density at radius 1 is 0.956 bits per heavy atom. The number of hydrogen-bond donors (Lipinski definition) is 0. The molecule has 2 heterocycles. The Morgan fingerprint density at radius 3 is 2.56 bits per heavy atom. The van der Waals surface area contributed by atoms with E-state index >= 15 is 0 Å². The Bertz CT molecular complexity index is 2120. The van der Waals surface area contributed by atoms with Crippen LogP contribution in [0.25, 0.3) is 16.8 Å². The Balaban J connectivity index is 1.40. The Kier molecular flexibility index (Phi) is 8.53. The molecule has 6 rings (SSSR count). The van der Waals surface area contributed by atoms with Gasteiger partial charge >= 0.3 is 5.97 Å². The molecule has 1 unspecified atom stereocenters. The van der Waals surface area contributed by atoms with E-state index in [1.165, 1.54) is 15.9 Å². The average Bonchev–Trinajstić information content (AvgIpc) is 3.36. The van der Waals surface area contributed by atoms with Gasteiger partial charge in [-0.1, -0.05) is 65.9 Å². The summed E-state index contributed by atoms with van der Waals surface area (Å²) >= 11 is 1.26. The van der Waals surface area contributed by atoms with Gasteiger partial charge in [-0.05, 0) is 72.2 Å². The van der Waals surface area contributed by atoms with Crippen LogP contribution in [0.15, 0.2) is 106 Å². The molecule has 0 amide bonds. The molecule has 0 aliphatic carbocycles. The highest BCUT2D eigenvalue weighted by atomic mass is 32.1. The minimum atomic E-state index is -0.831. The van der Waals surface area contributed by atoms with E-state index < -0.39 is 12.0 Å². The van der Waals surface area contributed by atoms with Gasteiger partial charge < -0.3 is 18.9 Å². The van der Waals surface area contributed by atoms with Gasteiger partial charge in [-0.15, -0.1) is 0 Å². The average molecular weight is 621 g/mol. The lowest BCUT2D eigenvalue weighted by molar-refractivity contribution is -0.139. The molecule has 228 valence electrons. The molecule has 9 heteroatoms. The molecule has 5 aromatic rings. The first-order valence-corrected chi connectivity index (χ1v) is 15.3. The third-order valence-corrected chi connectivity index (χ3v) is 8.66. The number of carbonyl (C=O) groups is 1. The lowest BCUT2D eigenvalue weighted by Crippen LogP contribution is -2.40. The summed E-state index contributed by atoms with van der Waals surface area (Å²) in [4.78, 5) is 32.6. The zero-order valence-corrected chi connectivity index (χ0v) is 26.2. The van der Waals surface area contributed by atoms with Crippen LogP contribution < -0.4 is 29.1 Å². The fourth-order valence-electron chi connectivity index (χ4n) is 5.56. The van der Waals surface area contributed by atoms with Gasteiger partial charge in [-0.2, -0.15) is 0 Å². The number of fused-ring (bicyclic) bond motifs is 2. The van der Waals surface area contributed by atoms with Gasteiger partial charge in [0.25, 0.3) is 5.56 Å². The molecule has 1 aromatic heterocycles. The predicted molar refractivity (Wildman–Crippen MR) is 175 cm³/mol. The summed E-state index contributed by atoms with van der Waals surface area (Å²) in [5.74, 6) is 1.21. The molecule has 1 aliphatic rings. The van der Waals surface area contributed by atoms with Crippen LogP contribution in [0.1, 0.15) is 36.6 Å². The first-order chi connectivity index (χ1) is 21.9. The number of ether oxygens (including phenoxy) is 4. The molecule has 0 spiro atoms. The Morgan fingerprint density at radius 2 is 1.76 bits per heavy atom. The van der Waals surface area contributed by atoms with Crippen molar-refractivity contribution in [3.63, 3.8) is 0 Å². The summed E-state index contributed by atoms with van der Waals surface area (Å²) in [6.45, 7) is 4.08. The number of benzene rings is 4. The number of allylic oxidation sites excluding steroid dienone is 1. The normalized spacial score (nSPS) is 14.6. The molecular weight excluding hydrogens is 588 g/mol. The maximum Gasteiger partial charge on any atom is 0.338 e. The second kappa shape index (κ2) is 12.8. The van der Waals surface area contributed by atoms with Crippen molar-refractivity contribution >= 4 is 34.2 Å². The number of aromatic nitrogens is 1. The third-order valence-electron chi connectivity index (χ3n) is 7.68. The molecular formula is C36H32N2O6S. The molecule has 0 N–H and O–H groups in total. The fourth-order valence-corrected chi connectivity index (χ4v) is 6.61. The maximum absolute atomic E-state index is 14.1. The number of carbonyl (C=O) groups excluding carboxylic acids is 1. The lowest BCUT2D eigenvalue weighted by atomic mass is 9.94. The zero-order chi connectivity index (χ0) is 31.5. The van der Waals surface area contributed by atoms with E-state index in [9.17, 15) is 9.59 Å². The van der Waals surface area contributed by atoms with Gasteiger partial charge in [-0.25, -0.2) is 9.79 Å². The zero-order valence-electron chi connectivity index (χ0n) is 25.4. The van der Waals surface area contributed by atoms with Crippen molar-refractivity contribution in [2.24, 2.45) is 4.99 Å². The monoisotopic (exact) mass is 620 g/mol. The van der Waals surface area contributed by atoms with Crippen molar-refractivity contribution in [2.45, 2.75) is 26.5 Å². The van der Waals surface area contributed by atoms with Crippen LogP contribution >= 0.6 is 11.3 Å². The van der Waals surface area contributed by atoms with Crippen LogP contribution in [-0.2, 0) is 16.1 Å². The number of methoxy groups -OCH3 is 2. The summed E-state index contributed by atoms with van der Waals surface area (Å²) in [5.41, 5.74) is 2.93. The van der Waals surface area contributed by atoms with Crippen molar-refractivity contribution in [3.05, 3.63) is 133 Å². The molecule has 1 aliphatic heterocycles. The van der Waals surface area contributed by atoms with E-state index in [-0.39, 0.29) is 17.7 Å². The van der Waals surface area contributed by atoms with Gasteiger partial charge in [0.05, 0.1) is 36.6 Å². The van der Waals surface area contributed by atoms with Crippen LogP contribution in [0.3, 0.4) is 0 Å². The quantitative estimate of drug-likeness (QED) is 0.201. The van der Waals surface area contributed by atoms with Crippen molar-refractivity contribution in [1.29, 1.82) is 0 Å². The molecule has 0 radical (unpaired) electrons. The van der Waals surface area contributed by atoms with Crippen LogP contribution in [-0.4, -0.2) is 31.4 Å². The number of nitrogens with zero attached hydrogens (tertiary/aromatic N) is 2. The Hall–Kier alpha value is -5.15. The van der Waals surface area contributed by atoms with E-state index in [0.29, 0.717) is 44.4 Å². The molecule has 8 nitrogen and oxygen atoms in total. The van der Waals surface area contributed by atoms with Crippen LogP contribution in [0, 0.1) is 0 Å². The van der Waals surface area contributed by atoms with Gasteiger partial charge in [-0.3, -0.25) is 9.36 Å². The van der Waals surface area contributed by atoms with Crippen molar-refractivity contribution in [1.82, 2.24) is 4.57 Å². The molecule has 0 saturated carbocycles. The number of thiazole rings is 1. The van der Waals surface area contributed by atoms with Crippen LogP contribution in [0.4, 0.5) is 0 Å². The summed E-state index contributed by atoms with van der Waals surface area (Å²) in [6.07, 6.45) is 1.82. The molecule has 1 atom stereocenters.